The summed E-state index contributed by atoms with van der Waals surface area (Å²) in [5.74, 6) is 0. The molecule has 0 aliphatic carbocycles. The highest BCUT2D eigenvalue weighted by Crippen LogP contribution is 2.55. The Bertz CT molecular complexity index is 825. The molecule has 0 atom stereocenters. The Kier molecular flexibility index (Phi) is 3.89. The van der Waals surface area contributed by atoms with Crippen LogP contribution in [0.2, 0.25) is 0 Å². The summed E-state index contributed by atoms with van der Waals surface area (Å²) in [5, 5.41) is 0.274. The van der Waals surface area contributed by atoms with Gasteiger partial charge in [0.15, 0.2) is 0 Å². The van der Waals surface area contributed by atoms with Crippen LogP contribution in [0.4, 0.5) is 26.3 Å². The smallest absolute Gasteiger partial charge is 0.284 e. The van der Waals surface area contributed by atoms with Crippen LogP contribution >= 0.6 is 0 Å². The minimum atomic E-state index is -6.61. The minimum absolute atomic E-state index is 0.0356. The highest BCUT2D eigenvalue weighted by atomic mass is 32.2. The molecular formula is C13H8F6O3S. The first-order chi connectivity index (χ1) is 10.3. The predicted octanol–water partition coefficient (Wildman–Crippen LogP) is 4.05. The maximum atomic E-state index is 13.2. The molecule has 126 valence electrons. The zero-order valence-corrected chi connectivity index (χ0v) is 11.8. The van der Waals surface area contributed by atoms with Crippen LogP contribution in [0.3, 0.4) is 0 Å². The summed E-state index contributed by atoms with van der Waals surface area (Å²) in [7, 11) is -6.61. The molecule has 23 heavy (non-hydrogen) atoms. The van der Waals surface area contributed by atoms with Crippen molar-refractivity contribution < 1.29 is 39.3 Å². The number of benzene rings is 2. The van der Waals surface area contributed by atoms with Crippen LogP contribution in [0.1, 0.15) is 5.56 Å². The van der Waals surface area contributed by atoms with Gasteiger partial charge in [-0.3, -0.25) is 4.55 Å². The quantitative estimate of drug-likeness (QED) is 0.651. The second kappa shape index (κ2) is 5.10. The molecule has 0 aromatic heterocycles. The van der Waals surface area contributed by atoms with Crippen molar-refractivity contribution in [2.75, 3.05) is 0 Å². The summed E-state index contributed by atoms with van der Waals surface area (Å²) in [6.45, 7) is 0. The molecule has 0 aliphatic rings. The lowest BCUT2D eigenvalue weighted by atomic mass is 9.94. The number of hydrogen-bond acceptors (Lipinski definition) is 2. The maximum Gasteiger partial charge on any atom is 0.423 e. The van der Waals surface area contributed by atoms with Crippen molar-refractivity contribution in [1.82, 2.24) is 0 Å². The van der Waals surface area contributed by atoms with Crippen LogP contribution in [0.25, 0.3) is 10.8 Å². The number of rotatable bonds is 2. The molecule has 0 amide bonds. The lowest BCUT2D eigenvalue weighted by Crippen LogP contribution is -2.59. The van der Waals surface area contributed by atoms with Crippen molar-refractivity contribution in [3.05, 3.63) is 48.0 Å². The summed E-state index contributed by atoms with van der Waals surface area (Å²) in [6.07, 6.45) is -12.6. The van der Waals surface area contributed by atoms with E-state index in [0.717, 1.165) is 6.07 Å². The summed E-state index contributed by atoms with van der Waals surface area (Å²) in [6, 6.07) is 7.27. The molecule has 2 aromatic rings. The Morgan fingerprint density at radius 1 is 0.783 bits per heavy atom. The average Bonchev–Trinajstić information content (AvgIpc) is 2.33. The standard InChI is InChI=1S/C13H8F6O3S/c14-12(15,16)11(13(17,18)19,23(20,21)22)10-6-5-8-3-1-2-4-9(8)7-10/h1-7H,(H,20,21,22). The van der Waals surface area contributed by atoms with E-state index in [1.807, 2.05) is 0 Å². The molecule has 0 saturated carbocycles. The van der Waals surface area contributed by atoms with E-state index in [1.54, 1.807) is 0 Å². The molecule has 0 radical (unpaired) electrons. The van der Waals surface area contributed by atoms with E-state index < -0.39 is 32.8 Å². The second-order valence-electron chi connectivity index (χ2n) is 4.71. The van der Waals surface area contributed by atoms with E-state index >= 15 is 0 Å². The van der Waals surface area contributed by atoms with E-state index in [4.69, 9.17) is 4.55 Å². The third kappa shape index (κ3) is 2.55. The van der Waals surface area contributed by atoms with Crippen molar-refractivity contribution in [1.29, 1.82) is 0 Å². The maximum absolute atomic E-state index is 13.2. The van der Waals surface area contributed by atoms with Crippen LogP contribution in [-0.2, 0) is 14.9 Å². The summed E-state index contributed by atoms with van der Waals surface area (Å²) >= 11 is 0. The topological polar surface area (TPSA) is 54.4 Å². The molecule has 0 aliphatic heterocycles. The van der Waals surface area contributed by atoms with Crippen molar-refractivity contribution in [3.63, 3.8) is 0 Å². The van der Waals surface area contributed by atoms with Crippen molar-refractivity contribution in [2.45, 2.75) is 17.1 Å². The van der Waals surface area contributed by atoms with Gasteiger partial charge in [-0.2, -0.15) is 34.8 Å². The third-order valence-electron chi connectivity index (χ3n) is 3.34. The monoisotopic (exact) mass is 358 g/mol. The highest BCUT2D eigenvalue weighted by molar-refractivity contribution is 7.87. The van der Waals surface area contributed by atoms with Crippen molar-refractivity contribution in [2.24, 2.45) is 0 Å². The molecule has 2 rings (SSSR count). The fraction of sp³-hybridized carbons (Fsp3) is 0.231. The SMILES string of the molecule is O=S(=O)(O)C(c1ccc2ccccc2c1)(C(F)(F)F)C(F)(F)F. The van der Waals surface area contributed by atoms with E-state index in [2.05, 4.69) is 0 Å². The predicted molar refractivity (Wildman–Crippen MR) is 69.3 cm³/mol. The van der Waals surface area contributed by atoms with E-state index in [1.165, 1.54) is 24.3 Å². The molecule has 0 unspecified atom stereocenters. The first kappa shape index (κ1) is 17.5. The molecule has 0 saturated heterocycles. The van der Waals surface area contributed by atoms with Gasteiger partial charge < -0.3 is 0 Å². The number of fused-ring (bicyclic) bond motifs is 1. The molecule has 0 spiro atoms. The lowest BCUT2D eigenvalue weighted by molar-refractivity contribution is -0.273. The Labute approximate surface area is 126 Å². The van der Waals surface area contributed by atoms with Crippen molar-refractivity contribution in [3.8, 4) is 0 Å². The van der Waals surface area contributed by atoms with Gasteiger partial charge in [-0.15, -0.1) is 0 Å². The number of hydrogen-bond donors (Lipinski definition) is 1. The molecule has 1 N–H and O–H groups in total. The van der Waals surface area contributed by atoms with Gasteiger partial charge in [-0.05, 0) is 22.4 Å². The average molecular weight is 358 g/mol. The van der Waals surface area contributed by atoms with Gasteiger partial charge in [0.2, 0.25) is 0 Å². The van der Waals surface area contributed by atoms with Gasteiger partial charge in [0.1, 0.15) is 0 Å². The van der Waals surface area contributed by atoms with Gasteiger partial charge in [-0.1, -0.05) is 36.4 Å². The van der Waals surface area contributed by atoms with E-state index in [-0.39, 0.29) is 5.39 Å². The van der Waals surface area contributed by atoms with Crippen LogP contribution in [0, 0.1) is 0 Å². The Morgan fingerprint density at radius 3 is 1.70 bits per heavy atom. The molecule has 0 fully saturated rings. The summed E-state index contributed by atoms with van der Waals surface area (Å²) in [5.41, 5.74) is -1.63. The van der Waals surface area contributed by atoms with Gasteiger partial charge >= 0.3 is 17.1 Å². The van der Waals surface area contributed by atoms with Gasteiger partial charge in [0.05, 0.1) is 0 Å². The normalized spacial score (nSPS) is 14.2. The van der Waals surface area contributed by atoms with Crippen LogP contribution in [-0.4, -0.2) is 25.3 Å². The van der Waals surface area contributed by atoms with Crippen LogP contribution < -0.4 is 0 Å². The van der Waals surface area contributed by atoms with Crippen molar-refractivity contribution >= 4 is 20.9 Å². The van der Waals surface area contributed by atoms with Crippen LogP contribution in [0.5, 0.6) is 0 Å². The Hall–Kier alpha value is -1.81. The summed E-state index contributed by atoms with van der Waals surface area (Å²) in [4.78, 5) is 0. The minimum Gasteiger partial charge on any atom is -0.284 e. The first-order valence-corrected chi connectivity index (χ1v) is 7.36. The number of halogens is 6. The molecule has 0 heterocycles. The van der Waals surface area contributed by atoms with Gasteiger partial charge in [0.25, 0.3) is 10.1 Å². The zero-order chi connectivity index (χ0) is 17.7. The largest absolute Gasteiger partial charge is 0.423 e. The Morgan fingerprint density at radius 2 is 1.26 bits per heavy atom. The summed E-state index contributed by atoms with van der Waals surface area (Å²) < 4.78 is 105. The molecule has 10 heteroatoms. The van der Waals surface area contributed by atoms with Gasteiger partial charge in [0, 0.05) is 0 Å². The van der Waals surface area contributed by atoms with Crippen LogP contribution in [0.15, 0.2) is 42.5 Å². The van der Waals surface area contributed by atoms with E-state index in [0.29, 0.717) is 17.5 Å². The Balaban J connectivity index is 2.95. The first-order valence-electron chi connectivity index (χ1n) is 5.92. The third-order valence-corrected chi connectivity index (χ3v) is 4.81. The van der Waals surface area contributed by atoms with E-state index in [9.17, 15) is 34.8 Å². The molecule has 3 nitrogen and oxygen atoms in total. The molecule has 2 aromatic carbocycles. The van der Waals surface area contributed by atoms with Gasteiger partial charge in [-0.25, -0.2) is 0 Å². The second-order valence-corrected chi connectivity index (χ2v) is 6.28. The fourth-order valence-corrected chi connectivity index (χ4v) is 3.35. The number of alkyl halides is 6. The molecular weight excluding hydrogens is 350 g/mol. The lowest BCUT2D eigenvalue weighted by Gasteiger charge is -2.34. The fourth-order valence-electron chi connectivity index (χ4n) is 2.34. The zero-order valence-electron chi connectivity index (χ0n) is 11.0. The molecule has 0 bridgehead atoms. The highest BCUT2D eigenvalue weighted by Gasteiger charge is 2.79.